The van der Waals surface area contributed by atoms with E-state index in [9.17, 15) is 9.59 Å². The Balaban J connectivity index is 2.02. The molecule has 0 atom stereocenters. The van der Waals surface area contributed by atoms with Crippen LogP contribution in [0.5, 0.6) is 5.75 Å². The highest BCUT2D eigenvalue weighted by molar-refractivity contribution is 6.35. The Hall–Kier alpha value is -1.46. The van der Waals surface area contributed by atoms with Crippen molar-refractivity contribution in [3.8, 4) is 5.75 Å². The van der Waals surface area contributed by atoms with Gasteiger partial charge in [-0.15, -0.1) is 0 Å². The molecule has 0 saturated heterocycles. The molecule has 0 spiro atoms. The third-order valence-corrected chi connectivity index (χ3v) is 4.15. The van der Waals surface area contributed by atoms with Gasteiger partial charge in [0, 0.05) is 17.9 Å². The number of carbonyl (C=O) groups is 2. The molecule has 1 aromatic carbocycles. The number of benzene rings is 1. The molecule has 0 fully saturated rings. The zero-order chi connectivity index (χ0) is 19.2. The smallest absolute Gasteiger partial charge is 0.305 e. The molecular weight excluding hydrogens is 377 g/mol. The van der Waals surface area contributed by atoms with Gasteiger partial charge in [0.05, 0.1) is 18.2 Å². The molecule has 0 bridgehead atoms. The van der Waals surface area contributed by atoms with Gasteiger partial charge in [0.1, 0.15) is 12.4 Å². The summed E-state index contributed by atoms with van der Waals surface area (Å²) in [6, 6.07) is 4.98. The van der Waals surface area contributed by atoms with Crippen LogP contribution in [-0.2, 0) is 14.3 Å². The van der Waals surface area contributed by atoms with Crippen LogP contribution in [0.3, 0.4) is 0 Å². The van der Waals surface area contributed by atoms with Crippen molar-refractivity contribution in [2.45, 2.75) is 51.9 Å². The van der Waals surface area contributed by atoms with E-state index >= 15 is 0 Å². The van der Waals surface area contributed by atoms with Crippen LogP contribution in [0.1, 0.15) is 51.9 Å². The van der Waals surface area contributed by atoms with Crippen molar-refractivity contribution >= 4 is 35.1 Å². The Morgan fingerprint density at radius 3 is 2.58 bits per heavy atom. The maximum Gasteiger partial charge on any atom is 0.305 e. The number of carbonyl (C=O) groups excluding carboxylic acids is 2. The monoisotopic (exact) mass is 403 g/mol. The maximum atomic E-state index is 11.6. The van der Waals surface area contributed by atoms with E-state index in [1.165, 1.54) is 0 Å². The summed E-state index contributed by atoms with van der Waals surface area (Å²) in [5, 5.41) is 3.72. The first kappa shape index (κ1) is 22.6. The highest BCUT2D eigenvalue weighted by Crippen LogP contribution is 2.27. The third kappa shape index (κ3) is 10.5. The summed E-state index contributed by atoms with van der Waals surface area (Å²) in [6.07, 6.45) is 5.56. The zero-order valence-corrected chi connectivity index (χ0v) is 16.7. The summed E-state index contributed by atoms with van der Waals surface area (Å²) in [7, 11) is 0. The van der Waals surface area contributed by atoms with Crippen LogP contribution >= 0.6 is 23.2 Å². The molecule has 0 aliphatic heterocycles. The average Bonchev–Trinajstić information content (AvgIpc) is 2.61. The number of ether oxygens (including phenoxy) is 2. The quantitative estimate of drug-likeness (QED) is 0.380. The van der Waals surface area contributed by atoms with E-state index < -0.39 is 0 Å². The second-order valence-electron chi connectivity index (χ2n) is 5.91. The Kier molecular flexibility index (Phi) is 11.9. The van der Waals surface area contributed by atoms with Gasteiger partial charge >= 0.3 is 5.97 Å². The van der Waals surface area contributed by atoms with Gasteiger partial charge in [-0.1, -0.05) is 49.4 Å². The maximum absolute atomic E-state index is 11.6. The first-order valence-electron chi connectivity index (χ1n) is 9.03. The van der Waals surface area contributed by atoms with Gasteiger partial charge in [-0.25, -0.2) is 0 Å². The molecule has 0 heterocycles. The van der Waals surface area contributed by atoms with Crippen LogP contribution in [0.2, 0.25) is 10.0 Å². The lowest BCUT2D eigenvalue weighted by Gasteiger charge is -2.09. The van der Waals surface area contributed by atoms with Gasteiger partial charge in [-0.2, -0.15) is 0 Å². The zero-order valence-electron chi connectivity index (χ0n) is 15.2. The molecule has 1 rings (SSSR count). The fourth-order valence-electron chi connectivity index (χ4n) is 2.22. The minimum absolute atomic E-state index is 0.00500. The molecule has 0 aromatic heterocycles. The first-order chi connectivity index (χ1) is 12.5. The predicted octanol–water partition coefficient (Wildman–Crippen LogP) is 4.78. The molecule has 1 amide bonds. The van der Waals surface area contributed by atoms with Crippen LogP contribution in [0.15, 0.2) is 18.2 Å². The Labute approximate surface area is 165 Å². The van der Waals surface area contributed by atoms with Gasteiger partial charge in [-0.05, 0) is 31.0 Å². The summed E-state index contributed by atoms with van der Waals surface area (Å²) in [6.45, 7) is 3.01. The van der Waals surface area contributed by atoms with E-state index in [2.05, 4.69) is 12.2 Å². The van der Waals surface area contributed by atoms with E-state index in [0.717, 1.165) is 25.7 Å². The van der Waals surface area contributed by atoms with Gasteiger partial charge < -0.3 is 14.8 Å². The van der Waals surface area contributed by atoms with E-state index in [1.807, 2.05) is 0 Å². The molecule has 1 aromatic rings. The Morgan fingerprint density at radius 2 is 1.85 bits per heavy atom. The molecular formula is C19H27Cl2NO4. The molecule has 7 heteroatoms. The summed E-state index contributed by atoms with van der Waals surface area (Å²) >= 11 is 11.8. The van der Waals surface area contributed by atoms with E-state index in [-0.39, 0.29) is 24.9 Å². The van der Waals surface area contributed by atoms with Crippen molar-refractivity contribution in [2.24, 2.45) is 0 Å². The van der Waals surface area contributed by atoms with Crippen LogP contribution in [0.25, 0.3) is 0 Å². The lowest BCUT2D eigenvalue weighted by molar-refractivity contribution is -0.144. The van der Waals surface area contributed by atoms with E-state index in [0.29, 0.717) is 41.8 Å². The van der Waals surface area contributed by atoms with Gasteiger partial charge in [-0.3, -0.25) is 9.59 Å². The lowest BCUT2D eigenvalue weighted by atomic mass is 10.1. The molecule has 0 unspecified atom stereocenters. The van der Waals surface area contributed by atoms with Crippen LogP contribution < -0.4 is 10.1 Å². The number of unbranched alkanes of at least 4 members (excludes halogenated alkanes) is 3. The molecule has 0 saturated carbocycles. The molecule has 0 aliphatic carbocycles. The van der Waals surface area contributed by atoms with Gasteiger partial charge in [0.15, 0.2) is 0 Å². The summed E-state index contributed by atoms with van der Waals surface area (Å²) in [4.78, 5) is 23.2. The molecule has 0 aliphatic rings. The van der Waals surface area contributed by atoms with Crippen molar-refractivity contribution in [3.05, 3.63) is 28.2 Å². The fourth-order valence-corrected chi connectivity index (χ4v) is 2.68. The van der Waals surface area contributed by atoms with Crippen LogP contribution in [-0.4, -0.2) is 31.6 Å². The summed E-state index contributed by atoms with van der Waals surface area (Å²) in [5.74, 6) is 0.226. The Bertz CT molecular complexity index is 566. The number of halogens is 2. The van der Waals surface area contributed by atoms with Crippen molar-refractivity contribution in [3.63, 3.8) is 0 Å². The standard InChI is InChI=1S/C19H27Cl2NO4/c1-2-3-4-5-7-18(23)22-11-13-26-19(24)8-6-12-25-17-10-9-15(20)14-16(17)21/h9-10,14H,2-8,11-13H2,1H3,(H,22,23). The number of esters is 1. The van der Waals surface area contributed by atoms with Crippen molar-refractivity contribution in [1.29, 1.82) is 0 Å². The third-order valence-electron chi connectivity index (χ3n) is 3.62. The topological polar surface area (TPSA) is 64.6 Å². The van der Waals surface area contributed by atoms with Crippen molar-refractivity contribution < 1.29 is 19.1 Å². The molecule has 1 N–H and O–H groups in total. The lowest BCUT2D eigenvalue weighted by Crippen LogP contribution is -2.27. The van der Waals surface area contributed by atoms with Crippen LogP contribution in [0, 0.1) is 0 Å². The first-order valence-corrected chi connectivity index (χ1v) is 9.78. The normalized spacial score (nSPS) is 10.4. The van der Waals surface area contributed by atoms with Gasteiger partial charge in [0.25, 0.3) is 0 Å². The average molecular weight is 404 g/mol. The summed E-state index contributed by atoms with van der Waals surface area (Å²) in [5.41, 5.74) is 0. The number of amides is 1. The Morgan fingerprint density at radius 1 is 1.04 bits per heavy atom. The summed E-state index contributed by atoms with van der Waals surface area (Å²) < 4.78 is 10.6. The number of rotatable bonds is 13. The fraction of sp³-hybridized carbons (Fsp3) is 0.579. The highest BCUT2D eigenvalue weighted by Gasteiger charge is 2.06. The van der Waals surface area contributed by atoms with Crippen molar-refractivity contribution in [1.82, 2.24) is 5.32 Å². The molecule has 146 valence electrons. The van der Waals surface area contributed by atoms with E-state index in [1.54, 1.807) is 18.2 Å². The number of hydrogen-bond donors (Lipinski definition) is 1. The minimum Gasteiger partial charge on any atom is -0.492 e. The van der Waals surface area contributed by atoms with E-state index in [4.69, 9.17) is 32.7 Å². The number of nitrogens with one attached hydrogen (secondary N) is 1. The SMILES string of the molecule is CCCCCCC(=O)NCCOC(=O)CCCOc1ccc(Cl)cc1Cl. The van der Waals surface area contributed by atoms with Gasteiger partial charge in [0.2, 0.25) is 5.91 Å². The number of hydrogen-bond acceptors (Lipinski definition) is 4. The minimum atomic E-state index is -0.312. The van der Waals surface area contributed by atoms with Crippen LogP contribution in [0.4, 0.5) is 0 Å². The molecule has 0 radical (unpaired) electrons. The predicted molar refractivity (Wildman–Crippen MR) is 104 cm³/mol. The molecule has 26 heavy (non-hydrogen) atoms. The largest absolute Gasteiger partial charge is 0.492 e. The highest BCUT2D eigenvalue weighted by atomic mass is 35.5. The second-order valence-corrected chi connectivity index (χ2v) is 6.75. The second kappa shape index (κ2) is 13.7. The molecule has 5 nitrogen and oxygen atoms in total. The van der Waals surface area contributed by atoms with Crippen molar-refractivity contribution in [2.75, 3.05) is 19.8 Å².